The molecular weight excluding hydrogens is 435 g/mol. The van der Waals surface area contributed by atoms with Crippen LogP contribution >= 0.6 is 11.8 Å². The molecule has 32 heavy (non-hydrogen) atoms. The number of halogens is 1. The number of nitrogens with one attached hydrogen (secondary N) is 2. The van der Waals surface area contributed by atoms with Crippen molar-refractivity contribution in [2.75, 3.05) is 18.2 Å². The quantitative estimate of drug-likeness (QED) is 0.421. The molecule has 4 aromatic rings. The molecular formula is C21H19FN6O3S. The maximum Gasteiger partial charge on any atom is 0.281 e. The number of nitrogens with zero attached hydrogens (tertiary/aromatic N) is 4. The van der Waals surface area contributed by atoms with Crippen LogP contribution in [-0.2, 0) is 17.1 Å². The third-order valence-electron chi connectivity index (χ3n) is 4.51. The molecule has 2 aromatic heterocycles. The molecule has 0 radical (unpaired) electrons. The molecule has 0 atom stereocenters. The Morgan fingerprint density at radius 3 is 2.84 bits per heavy atom. The summed E-state index contributed by atoms with van der Waals surface area (Å²) in [5.41, 5.74) is 1.48. The number of amides is 1. The van der Waals surface area contributed by atoms with Crippen molar-refractivity contribution in [3.05, 3.63) is 76.1 Å². The molecule has 0 aliphatic rings. The fraction of sp³-hybridized carbons (Fsp3) is 0.190. The van der Waals surface area contributed by atoms with Crippen LogP contribution in [0.5, 0.6) is 5.75 Å². The number of aromatic nitrogens is 5. The minimum Gasteiger partial charge on any atom is -0.497 e. The van der Waals surface area contributed by atoms with Crippen LogP contribution in [0.3, 0.4) is 0 Å². The van der Waals surface area contributed by atoms with Crippen molar-refractivity contribution < 1.29 is 13.9 Å². The summed E-state index contributed by atoms with van der Waals surface area (Å²) < 4.78 is 19.7. The number of benzene rings is 2. The van der Waals surface area contributed by atoms with E-state index in [0.717, 1.165) is 5.56 Å². The zero-order chi connectivity index (χ0) is 22.5. The number of methoxy groups -OCH3 is 1. The van der Waals surface area contributed by atoms with E-state index in [1.807, 2.05) is 0 Å². The highest BCUT2D eigenvalue weighted by Crippen LogP contribution is 2.17. The van der Waals surface area contributed by atoms with Gasteiger partial charge in [-0.05, 0) is 29.8 Å². The van der Waals surface area contributed by atoms with Crippen LogP contribution < -0.4 is 15.6 Å². The number of H-pyrrole nitrogens is 1. The number of hydrogen-bond donors (Lipinski definition) is 2. The highest BCUT2D eigenvalue weighted by atomic mass is 32.2. The van der Waals surface area contributed by atoms with Crippen LogP contribution in [0.1, 0.15) is 11.4 Å². The monoisotopic (exact) mass is 454 g/mol. The lowest BCUT2D eigenvalue weighted by molar-refractivity contribution is -0.113. The standard InChI is InChI=1S/C21H19FN6O3S/c1-31-16-4-2-3-15(10-16)23-18(29)11-32-12-28-20-19(26-27-28)21(30)25-17(24-20)9-13-5-7-14(22)8-6-13/h2-8,10H,9,11-12H2,1H3,(H,23,29)(H,24,25,30). The van der Waals surface area contributed by atoms with Crippen LogP contribution in [0, 0.1) is 5.82 Å². The Balaban J connectivity index is 1.41. The van der Waals surface area contributed by atoms with Crippen molar-refractivity contribution >= 4 is 34.5 Å². The van der Waals surface area contributed by atoms with Crippen LogP contribution in [0.25, 0.3) is 11.2 Å². The fourth-order valence-corrected chi connectivity index (χ4v) is 3.70. The number of aromatic amines is 1. The van der Waals surface area contributed by atoms with Gasteiger partial charge in [-0.25, -0.2) is 14.1 Å². The molecule has 0 saturated carbocycles. The fourth-order valence-electron chi connectivity index (χ4n) is 3.00. The molecule has 9 nitrogen and oxygen atoms in total. The van der Waals surface area contributed by atoms with Crippen molar-refractivity contribution in [3.63, 3.8) is 0 Å². The molecule has 0 unspecified atom stereocenters. The molecule has 2 N–H and O–H groups in total. The van der Waals surface area contributed by atoms with E-state index >= 15 is 0 Å². The molecule has 0 bridgehead atoms. The molecule has 2 heterocycles. The second-order valence-corrected chi connectivity index (χ2v) is 7.79. The van der Waals surface area contributed by atoms with Crippen molar-refractivity contribution in [2.24, 2.45) is 0 Å². The average molecular weight is 454 g/mol. The summed E-state index contributed by atoms with van der Waals surface area (Å²) in [6.07, 6.45) is 0.326. The largest absolute Gasteiger partial charge is 0.497 e. The molecule has 164 valence electrons. The molecule has 0 aliphatic heterocycles. The van der Waals surface area contributed by atoms with E-state index in [2.05, 4.69) is 25.6 Å². The molecule has 0 spiro atoms. The van der Waals surface area contributed by atoms with Gasteiger partial charge in [-0.3, -0.25) is 9.59 Å². The summed E-state index contributed by atoms with van der Waals surface area (Å²) >= 11 is 1.30. The Kier molecular flexibility index (Phi) is 6.45. The maximum atomic E-state index is 13.1. The van der Waals surface area contributed by atoms with Crippen LogP contribution in [0.15, 0.2) is 53.3 Å². The first-order valence-corrected chi connectivity index (χ1v) is 10.8. The van der Waals surface area contributed by atoms with Gasteiger partial charge in [-0.1, -0.05) is 23.4 Å². The lowest BCUT2D eigenvalue weighted by Crippen LogP contribution is -2.15. The minimum absolute atomic E-state index is 0.120. The van der Waals surface area contributed by atoms with Crippen LogP contribution in [0.4, 0.5) is 10.1 Å². The molecule has 2 aromatic carbocycles. The number of ether oxygens (including phenoxy) is 1. The zero-order valence-corrected chi connectivity index (χ0v) is 17.9. The van der Waals surface area contributed by atoms with Gasteiger partial charge in [0.25, 0.3) is 5.56 Å². The SMILES string of the molecule is COc1cccc(NC(=O)CSCn2nnc3c(=O)[nH]c(Cc4ccc(F)cc4)nc32)c1. The van der Waals surface area contributed by atoms with Gasteiger partial charge in [0.2, 0.25) is 5.91 Å². The third kappa shape index (κ3) is 5.11. The second-order valence-electron chi connectivity index (χ2n) is 6.83. The lowest BCUT2D eigenvalue weighted by atomic mass is 10.1. The molecule has 0 aliphatic carbocycles. The minimum atomic E-state index is -0.404. The van der Waals surface area contributed by atoms with E-state index in [1.54, 1.807) is 43.5 Å². The van der Waals surface area contributed by atoms with Gasteiger partial charge in [0.1, 0.15) is 17.4 Å². The smallest absolute Gasteiger partial charge is 0.281 e. The summed E-state index contributed by atoms with van der Waals surface area (Å²) in [4.78, 5) is 31.7. The highest BCUT2D eigenvalue weighted by molar-refractivity contribution is 7.99. The van der Waals surface area contributed by atoms with E-state index in [4.69, 9.17) is 4.74 Å². The third-order valence-corrected chi connectivity index (χ3v) is 5.40. The van der Waals surface area contributed by atoms with Crippen LogP contribution in [-0.4, -0.2) is 43.7 Å². The van der Waals surface area contributed by atoms with Gasteiger partial charge in [0, 0.05) is 18.2 Å². The number of hydrogen-bond acceptors (Lipinski definition) is 7. The summed E-state index contributed by atoms with van der Waals surface area (Å²) in [7, 11) is 1.56. The number of carbonyl (C=O) groups excluding carboxylic acids is 1. The Morgan fingerprint density at radius 1 is 1.25 bits per heavy atom. The molecule has 0 fully saturated rings. The van der Waals surface area contributed by atoms with Gasteiger partial charge in [-0.2, -0.15) is 0 Å². The molecule has 11 heteroatoms. The average Bonchev–Trinajstić information content (AvgIpc) is 3.19. The highest BCUT2D eigenvalue weighted by Gasteiger charge is 2.13. The number of carbonyl (C=O) groups is 1. The Hall–Kier alpha value is -3.73. The Labute approximate surface area is 186 Å². The van der Waals surface area contributed by atoms with Gasteiger partial charge in [0.15, 0.2) is 11.2 Å². The first kappa shape index (κ1) is 21.5. The number of thioether (sulfide) groups is 1. The molecule has 0 saturated heterocycles. The molecule has 1 amide bonds. The first-order chi connectivity index (χ1) is 15.5. The van der Waals surface area contributed by atoms with Gasteiger partial charge >= 0.3 is 0 Å². The van der Waals surface area contributed by atoms with E-state index in [-0.39, 0.29) is 28.9 Å². The second kappa shape index (κ2) is 9.60. The molecule has 4 rings (SSSR count). The van der Waals surface area contributed by atoms with Crippen molar-refractivity contribution in [3.8, 4) is 5.75 Å². The van der Waals surface area contributed by atoms with Crippen LogP contribution in [0.2, 0.25) is 0 Å². The summed E-state index contributed by atoms with van der Waals surface area (Å²) in [6.45, 7) is 0. The topological polar surface area (TPSA) is 115 Å². The lowest BCUT2D eigenvalue weighted by Gasteiger charge is -2.07. The van der Waals surface area contributed by atoms with Gasteiger partial charge in [0.05, 0.1) is 18.7 Å². The summed E-state index contributed by atoms with van der Waals surface area (Å²) in [5.74, 6) is 1.00. The van der Waals surface area contributed by atoms with E-state index in [9.17, 15) is 14.0 Å². The maximum absolute atomic E-state index is 13.1. The number of rotatable bonds is 8. The number of fused-ring (bicyclic) bond motifs is 1. The van der Waals surface area contributed by atoms with E-state index in [0.29, 0.717) is 29.3 Å². The van der Waals surface area contributed by atoms with Crippen molar-refractivity contribution in [1.82, 2.24) is 25.0 Å². The Morgan fingerprint density at radius 2 is 2.06 bits per heavy atom. The van der Waals surface area contributed by atoms with E-state index in [1.165, 1.54) is 28.6 Å². The summed E-state index contributed by atoms with van der Waals surface area (Å²) in [6, 6.07) is 13.0. The van der Waals surface area contributed by atoms with Crippen molar-refractivity contribution in [1.29, 1.82) is 0 Å². The van der Waals surface area contributed by atoms with Gasteiger partial charge < -0.3 is 15.0 Å². The van der Waals surface area contributed by atoms with Gasteiger partial charge in [-0.15, -0.1) is 16.9 Å². The first-order valence-electron chi connectivity index (χ1n) is 9.60. The Bertz CT molecular complexity index is 1310. The zero-order valence-electron chi connectivity index (χ0n) is 17.0. The van der Waals surface area contributed by atoms with E-state index < -0.39 is 5.56 Å². The predicted octanol–water partition coefficient (Wildman–Crippen LogP) is 2.58. The normalized spacial score (nSPS) is 10.9. The summed E-state index contributed by atoms with van der Waals surface area (Å²) in [5, 5.41) is 10.7. The predicted molar refractivity (Wildman–Crippen MR) is 119 cm³/mol. The number of anilines is 1. The van der Waals surface area contributed by atoms with Crippen molar-refractivity contribution in [2.45, 2.75) is 12.3 Å².